The molecular weight excluding hydrogens is 258 g/mol. The van der Waals surface area contributed by atoms with Crippen LogP contribution in [0.4, 0.5) is 0 Å². The standard InChI is InChI=1S/C12H14ClNO4/c1-3-14-11(15)7-18-12(16)9-6-8(13)4-5-10(9)17-2/h4-6H,3,7H2,1-2H3,(H,14,15). The molecule has 0 aromatic heterocycles. The van der Waals surface area contributed by atoms with Crippen molar-refractivity contribution < 1.29 is 19.1 Å². The Morgan fingerprint density at radius 3 is 2.72 bits per heavy atom. The zero-order chi connectivity index (χ0) is 13.5. The second kappa shape index (κ2) is 6.86. The molecule has 0 fully saturated rings. The van der Waals surface area contributed by atoms with E-state index in [1.165, 1.54) is 13.2 Å². The monoisotopic (exact) mass is 271 g/mol. The van der Waals surface area contributed by atoms with E-state index in [1.54, 1.807) is 19.1 Å². The third-order valence-corrected chi connectivity index (χ3v) is 2.32. The Balaban J connectivity index is 2.71. The van der Waals surface area contributed by atoms with E-state index in [-0.39, 0.29) is 18.1 Å². The third-order valence-electron chi connectivity index (χ3n) is 2.09. The molecule has 0 aliphatic heterocycles. The number of carbonyl (C=O) groups excluding carboxylic acids is 2. The van der Waals surface area contributed by atoms with Crippen LogP contribution in [0.3, 0.4) is 0 Å². The number of likely N-dealkylation sites (N-methyl/N-ethyl adjacent to an activating group) is 1. The highest BCUT2D eigenvalue weighted by Crippen LogP contribution is 2.23. The molecule has 0 aliphatic rings. The fourth-order valence-corrected chi connectivity index (χ4v) is 1.47. The van der Waals surface area contributed by atoms with Crippen LogP contribution >= 0.6 is 11.6 Å². The molecule has 18 heavy (non-hydrogen) atoms. The maximum atomic E-state index is 11.7. The topological polar surface area (TPSA) is 64.6 Å². The lowest BCUT2D eigenvalue weighted by atomic mass is 10.2. The molecule has 0 radical (unpaired) electrons. The Morgan fingerprint density at radius 2 is 2.11 bits per heavy atom. The van der Waals surface area contributed by atoms with Crippen LogP contribution in [0, 0.1) is 0 Å². The Kier molecular flexibility index (Phi) is 5.45. The number of nitrogens with one attached hydrogen (secondary N) is 1. The van der Waals surface area contributed by atoms with Gasteiger partial charge in [-0.25, -0.2) is 4.79 Å². The normalized spacial score (nSPS) is 9.72. The number of hydrogen-bond acceptors (Lipinski definition) is 4. The Bertz CT molecular complexity index is 448. The van der Waals surface area contributed by atoms with E-state index in [1.807, 2.05) is 0 Å². The van der Waals surface area contributed by atoms with E-state index in [9.17, 15) is 9.59 Å². The molecule has 98 valence electrons. The van der Waals surface area contributed by atoms with E-state index < -0.39 is 5.97 Å². The van der Waals surface area contributed by atoms with Gasteiger partial charge in [0.15, 0.2) is 6.61 Å². The van der Waals surface area contributed by atoms with Crippen LogP contribution in [-0.2, 0) is 9.53 Å². The maximum Gasteiger partial charge on any atom is 0.342 e. The lowest BCUT2D eigenvalue weighted by molar-refractivity contribution is -0.124. The fraction of sp³-hybridized carbons (Fsp3) is 0.333. The fourth-order valence-electron chi connectivity index (χ4n) is 1.30. The highest BCUT2D eigenvalue weighted by molar-refractivity contribution is 6.31. The van der Waals surface area contributed by atoms with Crippen molar-refractivity contribution in [3.8, 4) is 5.75 Å². The van der Waals surface area contributed by atoms with Crippen molar-refractivity contribution in [1.82, 2.24) is 5.32 Å². The number of esters is 1. The zero-order valence-electron chi connectivity index (χ0n) is 10.2. The van der Waals surface area contributed by atoms with Crippen LogP contribution in [0.2, 0.25) is 5.02 Å². The molecule has 1 aromatic rings. The van der Waals surface area contributed by atoms with Crippen molar-refractivity contribution in [3.05, 3.63) is 28.8 Å². The van der Waals surface area contributed by atoms with Crippen molar-refractivity contribution in [1.29, 1.82) is 0 Å². The summed E-state index contributed by atoms with van der Waals surface area (Å²) in [5.41, 5.74) is 0.189. The number of carbonyl (C=O) groups is 2. The molecule has 0 atom stereocenters. The largest absolute Gasteiger partial charge is 0.496 e. The zero-order valence-corrected chi connectivity index (χ0v) is 10.9. The highest BCUT2D eigenvalue weighted by atomic mass is 35.5. The quantitative estimate of drug-likeness (QED) is 0.827. The number of rotatable bonds is 5. The molecule has 1 rings (SSSR count). The highest BCUT2D eigenvalue weighted by Gasteiger charge is 2.15. The van der Waals surface area contributed by atoms with E-state index in [2.05, 4.69) is 5.32 Å². The number of ether oxygens (including phenoxy) is 2. The van der Waals surface area contributed by atoms with Crippen LogP contribution in [-0.4, -0.2) is 32.1 Å². The van der Waals surface area contributed by atoms with Crippen molar-refractivity contribution in [2.75, 3.05) is 20.3 Å². The van der Waals surface area contributed by atoms with Crippen molar-refractivity contribution in [3.63, 3.8) is 0 Å². The van der Waals surface area contributed by atoms with E-state index >= 15 is 0 Å². The first-order chi connectivity index (χ1) is 8.58. The summed E-state index contributed by atoms with van der Waals surface area (Å²) >= 11 is 5.79. The lowest BCUT2D eigenvalue weighted by Gasteiger charge is -2.09. The van der Waals surface area contributed by atoms with Gasteiger partial charge in [0.2, 0.25) is 0 Å². The minimum atomic E-state index is -0.652. The SMILES string of the molecule is CCNC(=O)COC(=O)c1cc(Cl)ccc1OC. The van der Waals surface area contributed by atoms with Gasteiger partial charge in [0.05, 0.1) is 7.11 Å². The van der Waals surface area contributed by atoms with Crippen LogP contribution in [0.15, 0.2) is 18.2 Å². The number of benzene rings is 1. The molecule has 0 saturated heterocycles. The molecule has 1 aromatic carbocycles. The second-order valence-corrected chi connectivity index (χ2v) is 3.81. The summed E-state index contributed by atoms with van der Waals surface area (Å²) in [5, 5.41) is 2.91. The van der Waals surface area contributed by atoms with Crippen LogP contribution in [0.1, 0.15) is 17.3 Å². The van der Waals surface area contributed by atoms with Gasteiger partial charge in [-0.05, 0) is 25.1 Å². The lowest BCUT2D eigenvalue weighted by Crippen LogP contribution is -2.28. The average Bonchev–Trinajstić information content (AvgIpc) is 2.36. The molecule has 0 spiro atoms. The van der Waals surface area contributed by atoms with Gasteiger partial charge < -0.3 is 14.8 Å². The molecular formula is C12H14ClNO4. The molecule has 0 aliphatic carbocycles. The van der Waals surface area contributed by atoms with Crippen molar-refractivity contribution in [2.45, 2.75) is 6.92 Å². The van der Waals surface area contributed by atoms with Crippen LogP contribution in [0.25, 0.3) is 0 Å². The smallest absolute Gasteiger partial charge is 0.342 e. The van der Waals surface area contributed by atoms with Gasteiger partial charge in [0, 0.05) is 11.6 Å². The summed E-state index contributed by atoms with van der Waals surface area (Å²) in [6.07, 6.45) is 0. The van der Waals surface area contributed by atoms with Gasteiger partial charge >= 0.3 is 5.97 Å². The summed E-state index contributed by atoms with van der Waals surface area (Å²) in [4.78, 5) is 22.9. The Hall–Kier alpha value is -1.75. The number of methoxy groups -OCH3 is 1. The van der Waals surface area contributed by atoms with Crippen molar-refractivity contribution >= 4 is 23.5 Å². The maximum absolute atomic E-state index is 11.7. The van der Waals surface area contributed by atoms with Crippen LogP contribution < -0.4 is 10.1 Å². The summed E-state index contributed by atoms with van der Waals surface area (Å²) < 4.78 is 9.87. The summed E-state index contributed by atoms with van der Waals surface area (Å²) in [5.74, 6) is -0.659. The third kappa shape index (κ3) is 3.92. The first kappa shape index (κ1) is 14.3. The summed E-state index contributed by atoms with van der Waals surface area (Å²) in [6, 6.07) is 4.59. The number of hydrogen-bond donors (Lipinski definition) is 1. The predicted octanol–water partition coefficient (Wildman–Crippen LogP) is 1.64. The van der Waals surface area contributed by atoms with Gasteiger partial charge in [-0.15, -0.1) is 0 Å². The Morgan fingerprint density at radius 1 is 1.39 bits per heavy atom. The minimum absolute atomic E-state index is 0.189. The van der Waals surface area contributed by atoms with E-state index in [0.29, 0.717) is 17.3 Å². The van der Waals surface area contributed by atoms with Crippen LogP contribution in [0.5, 0.6) is 5.75 Å². The molecule has 5 nitrogen and oxygen atoms in total. The van der Waals surface area contributed by atoms with E-state index in [4.69, 9.17) is 21.1 Å². The second-order valence-electron chi connectivity index (χ2n) is 3.37. The minimum Gasteiger partial charge on any atom is -0.496 e. The van der Waals surface area contributed by atoms with Crippen molar-refractivity contribution in [2.24, 2.45) is 0 Å². The summed E-state index contributed by atoms with van der Waals surface area (Å²) in [7, 11) is 1.43. The van der Waals surface area contributed by atoms with Gasteiger partial charge in [-0.3, -0.25) is 4.79 Å². The number of amides is 1. The van der Waals surface area contributed by atoms with Gasteiger partial charge in [-0.2, -0.15) is 0 Å². The van der Waals surface area contributed by atoms with Gasteiger partial charge in [-0.1, -0.05) is 11.6 Å². The average molecular weight is 272 g/mol. The first-order valence-corrected chi connectivity index (χ1v) is 5.73. The molecule has 1 amide bonds. The molecule has 0 saturated carbocycles. The molecule has 0 heterocycles. The Labute approximate surface area is 110 Å². The van der Waals surface area contributed by atoms with Gasteiger partial charge in [0.1, 0.15) is 11.3 Å². The predicted molar refractivity (Wildman–Crippen MR) is 67.0 cm³/mol. The number of halogens is 1. The summed E-state index contributed by atoms with van der Waals surface area (Å²) in [6.45, 7) is 1.93. The van der Waals surface area contributed by atoms with E-state index in [0.717, 1.165) is 0 Å². The van der Waals surface area contributed by atoms with Gasteiger partial charge in [0.25, 0.3) is 5.91 Å². The molecule has 0 unspecified atom stereocenters. The first-order valence-electron chi connectivity index (χ1n) is 5.35. The molecule has 6 heteroatoms. The molecule has 1 N–H and O–H groups in total. The molecule has 0 bridgehead atoms.